The molecule has 1 heterocycles. The van der Waals surface area contributed by atoms with Crippen LogP contribution < -0.4 is 11.1 Å². The number of nitrogens with zero attached hydrogens (tertiary/aromatic N) is 1. The molecule has 0 aliphatic carbocycles. The maximum atomic E-state index is 11.6. The zero-order valence-corrected chi connectivity index (χ0v) is 11.1. The molecular weight excluding hydrogens is 226 g/mol. The molecule has 4 nitrogen and oxygen atoms in total. The van der Waals surface area contributed by atoms with Crippen molar-refractivity contribution in [2.24, 2.45) is 5.73 Å². The van der Waals surface area contributed by atoms with Crippen LogP contribution >= 0.6 is 0 Å². The summed E-state index contributed by atoms with van der Waals surface area (Å²) in [6.07, 6.45) is 0. The fourth-order valence-corrected chi connectivity index (χ4v) is 2.57. The van der Waals surface area contributed by atoms with Crippen LogP contribution in [-0.4, -0.2) is 29.4 Å². The molecule has 2 rings (SSSR count). The highest BCUT2D eigenvalue weighted by Gasteiger charge is 2.34. The highest BCUT2D eigenvalue weighted by atomic mass is 16.1. The van der Waals surface area contributed by atoms with Gasteiger partial charge in [0.05, 0.1) is 0 Å². The van der Waals surface area contributed by atoms with Crippen LogP contribution in [0, 0.1) is 0 Å². The van der Waals surface area contributed by atoms with Crippen LogP contribution in [0.1, 0.15) is 25.0 Å². The van der Waals surface area contributed by atoms with Crippen molar-refractivity contribution in [1.82, 2.24) is 10.2 Å². The van der Waals surface area contributed by atoms with Crippen molar-refractivity contribution in [2.75, 3.05) is 13.1 Å². The van der Waals surface area contributed by atoms with E-state index in [4.69, 9.17) is 5.73 Å². The van der Waals surface area contributed by atoms with Crippen LogP contribution in [0.15, 0.2) is 24.3 Å². The molecule has 1 aliphatic heterocycles. The summed E-state index contributed by atoms with van der Waals surface area (Å²) in [5, 5.41) is 3.20. The number of carbonyl (C=O) groups excluding carboxylic acids is 1. The lowest BCUT2D eigenvalue weighted by molar-refractivity contribution is -0.124. The summed E-state index contributed by atoms with van der Waals surface area (Å²) in [6.45, 7) is 7.03. The molecule has 1 aromatic rings. The number of primary amides is 1. The van der Waals surface area contributed by atoms with Crippen molar-refractivity contribution in [1.29, 1.82) is 0 Å². The number of fused-ring (bicyclic) bond motifs is 1. The fraction of sp³-hybridized carbons (Fsp3) is 0.500. The minimum absolute atomic E-state index is 0.291. The minimum atomic E-state index is -0.656. The lowest BCUT2D eigenvalue weighted by Gasteiger charge is -2.31. The van der Waals surface area contributed by atoms with Crippen molar-refractivity contribution in [3.63, 3.8) is 0 Å². The van der Waals surface area contributed by atoms with Crippen LogP contribution in [0.5, 0.6) is 0 Å². The van der Waals surface area contributed by atoms with Crippen LogP contribution in [-0.2, 0) is 17.9 Å². The molecule has 0 saturated carbocycles. The molecule has 0 spiro atoms. The van der Waals surface area contributed by atoms with E-state index < -0.39 is 5.54 Å². The third kappa shape index (κ3) is 2.54. The predicted octanol–water partition coefficient (Wildman–Crippen LogP) is 0.856. The second kappa shape index (κ2) is 5.08. The second-order valence-electron chi connectivity index (χ2n) is 5.14. The van der Waals surface area contributed by atoms with E-state index >= 15 is 0 Å². The van der Waals surface area contributed by atoms with Crippen LogP contribution in [0.25, 0.3) is 0 Å². The Bertz CT molecular complexity index is 421. The fourth-order valence-electron chi connectivity index (χ4n) is 2.57. The summed E-state index contributed by atoms with van der Waals surface area (Å²) in [5.41, 5.74) is 7.55. The van der Waals surface area contributed by atoms with Crippen LogP contribution in [0.2, 0.25) is 0 Å². The molecule has 0 radical (unpaired) electrons. The monoisotopic (exact) mass is 247 g/mol. The molecule has 0 fully saturated rings. The lowest BCUT2D eigenvalue weighted by Crippen LogP contribution is -2.58. The van der Waals surface area contributed by atoms with E-state index in [1.165, 1.54) is 11.1 Å². The van der Waals surface area contributed by atoms with Gasteiger partial charge in [-0.2, -0.15) is 0 Å². The maximum absolute atomic E-state index is 11.6. The molecule has 0 saturated heterocycles. The number of nitrogens with one attached hydrogen (secondary N) is 1. The van der Waals surface area contributed by atoms with Crippen molar-refractivity contribution in [3.05, 3.63) is 35.4 Å². The summed E-state index contributed by atoms with van der Waals surface area (Å²) in [4.78, 5) is 13.9. The highest BCUT2D eigenvalue weighted by molar-refractivity contribution is 5.84. The van der Waals surface area contributed by atoms with Crippen molar-refractivity contribution in [3.8, 4) is 0 Å². The van der Waals surface area contributed by atoms with Gasteiger partial charge in [0.1, 0.15) is 5.54 Å². The van der Waals surface area contributed by atoms with E-state index in [9.17, 15) is 4.79 Å². The standard InChI is InChI=1S/C14H21N3O/c1-3-16-14(2,13(15)18)10-17-8-11-6-4-5-7-12(11)9-17/h4-7,16H,3,8-10H2,1-2H3,(H2,15,18). The number of hydrogen-bond acceptors (Lipinski definition) is 3. The first-order valence-electron chi connectivity index (χ1n) is 6.39. The molecule has 1 unspecified atom stereocenters. The molecule has 1 aliphatic rings. The number of carbonyl (C=O) groups is 1. The largest absolute Gasteiger partial charge is 0.368 e. The first-order chi connectivity index (χ1) is 8.55. The van der Waals surface area contributed by atoms with E-state index in [0.29, 0.717) is 6.54 Å². The Morgan fingerprint density at radius 2 is 1.94 bits per heavy atom. The Kier molecular flexibility index (Phi) is 3.68. The maximum Gasteiger partial charge on any atom is 0.238 e. The summed E-state index contributed by atoms with van der Waals surface area (Å²) >= 11 is 0. The van der Waals surface area contributed by atoms with Gasteiger partial charge in [0, 0.05) is 19.6 Å². The topological polar surface area (TPSA) is 58.4 Å². The first kappa shape index (κ1) is 13.1. The van der Waals surface area contributed by atoms with Gasteiger partial charge >= 0.3 is 0 Å². The molecule has 1 amide bonds. The predicted molar refractivity (Wildman–Crippen MR) is 71.8 cm³/mol. The SMILES string of the molecule is CCNC(C)(CN1Cc2ccccc2C1)C(N)=O. The quantitative estimate of drug-likeness (QED) is 0.811. The van der Waals surface area contributed by atoms with E-state index in [2.05, 4.69) is 34.5 Å². The van der Waals surface area contributed by atoms with Gasteiger partial charge in [-0.1, -0.05) is 31.2 Å². The molecule has 98 valence electrons. The van der Waals surface area contributed by atoms with Gasteiger partial charge in [-0.05, 0) is 24.6 Å². The van der Waals surface area contributed by atoms with E-state index in [1.54, 1.807) is 0 Å². The third-order valence-corrected chi connectivity index (χ3v) is 3.56. The number of nitrogens with two attached hydrogens (primary N) is 1. The van der Waals surface area contributed by atoms with Crippen molar-refractivity contribution >= 4 is 5.91 Å². The zero-order chi connectivity index (χ0) is 13.2. The van der Waals surface area contributed by atoms with Gasteiger partial charge in [0.15, 0.2) is 0 Å². The molecule has 1 aromatic carbocycles. The Balaban J connectivity index is 2.06. The number of likely N-dealkylation sites (N-methyl/N-ethyl adjacent to an activating group) is 1. The lowest BCUT2D eigenvalue weighted by atomic mass is 10.0. The van der Waals surface area contributed by atoms with E-state index in [1.807, 2.05) is 13.8 Å². The Morgan fingerprint density at radius 3 is 2.39 bits per heavy atom. The number of benzene rings is 1. The molecule has 18 heavy (non-hydrogen) atoms. The zero-order valence-electron chi connectivity index (χ0n) is 11.1. The number of hydrogen-bond donors (Lipinski definition) is 2. The molecule has 0 aromatic heterocycles. The third-order valence-electron chi connectivity index (χ3n) is 3.56. The van der Waals surface area contributed by atoms with Gasteiger partial charge in [0.2, 0.25) is 5.91 Å². The Labute approximate surface area is 108 Å². The average molecular weight is 247 g/mol. The molecule has 4 heteroatoms. The summed E-state index contributed by atoms with van der Waals surface area (Å²) < 4.78 is 0. The van der Waals surface area contributed by atoms with Gasteiger partial charge < -0.3 is 11.1 Å². The normalized spacial score (nSPS) is 18.3. The molecular formula is C14H21N3O. The van der Waals surface area contributed by atoms with Gasteiger partial charge in [-0.25, -0.2) is 0 Å². The van der Waals surface area contributed by atoms with E-state index in [-0.39, 0.29) is 5.91 Å². The van der Waals surface area contributed by atoms with Crippen LogP contribution in [0.4, 0.5) is 0 Å². The van der Waals surface area contributed by atoms with Crippen molar-refractivity contribution in [2.45, 2.75) is 32.5 Å². The minimum Gasteiger partial charge on any atom is -0.368 e. The highest BCUT2D eigenvalue weighted by Crippen LogP contribution is 2.23. The molecule has 1 atom stereocenters. The Hall–Kier alpha value is -1.39. The summed E-state index contributed by atoms with van der Waals surface area (Å²) in [6, 6.07) is 8.40. The smallest absolute Gasteiger partial charge is 0.238 e. The number of amides is 1. The van der Waals surface area contributed by atoms with Gasteiger partial charge in [-0.3, -0.25) is 9.69 Å². The van der Waals surface area contributed by atoms with E-state index in [0.717, 1.165) is 19.6 Å². The summed E-state index contributed by atoms with van der Waals surface area (Å²) in [5.74, 6) is -0.291. The van der Waals surface area contributed by atoms with Gasteiger partial charge in [-0.15, -0.1) is 0 Å². The van der Waals surface area contributed by atoms with Crippen LogP contribution in [0.3, 0.4) is 0 Å². The van der Waals surface area contributed by atoms with Crippen molar-refractivity contribution < 1.29 is 4.79 Å². The summed E-state index contributed by atoms with van der Waals surface area (Å²) in [7, 11) is 0. The molecule has 0 bridgehead atoms. The second-order valence-corrected chi connectivity index (χ2v) is 5.14. The first-order valence-corrected chi connectivity index (χ1v) is 6.39. The number of rotatable bonds is 5. The van der Waals surface area contributed by atoms with Gasteiger partial charge in [0.25, 0.3) is 0 Å². The average Bonchev–Trinajstić information content (AvgIpc) is 2.70. The molecule has 3 N–H and O–H groups in total. The Morgan fingerprint density at radius 1 is 1.39 bits per heavy atom.